The van der Waals surface area contributed by atoms with Crippen molar-refractivity contribution in [3.63, 3.8) is 0 Å². The smallest absolute Gasteiger partial charge is 0.0695 e. The molecule has 1 unspecified atom stereocenters. The summed E-state index contributed by atoms with van der Waals surface area (Å²) in [6, 6.07) is 8.06. The molecule has 0 amide bonds. The van der Waals surface area contributed by atoms with Crippen LogP contribution in [-0.4, -0.2) is 5.06 Å². The van der Waals surface area contributed by atoms with Crippen LogP contribution in [0.4, 0.5) is 0 Å². The maximum Gasteiger partial charge on any atom is 0.0695 e. The van der Waals surface area contributed by atoms with Gasteiger partial charge in [0.2, 0.25) is 0 Å². The summed E-state index contributed by atoms with van der Waals surface area (Å²) in [6.45, 7) is 5.91. The Morgan fingerprint density at radius 1 is 1.31 bits per heavy atom. The molecule has 2 heteroatoms. The van der Waals surface area contributed by atoms with Crippen LogP contribution < -0.4 is 0 Å². The lowest BCUT2D eigenvalue weighted by Crippen LogP contribution is -2.32. The maximum absolute atomic E-state index is 11.8. The second kappa shape index (κ2) is 2.56. The SMILES string of the molecule is CC1c2ccccc2C(C)(C)N1[O]. The monoisotopic (exact) mass is 176 g/mol. The first-order chi connectivity index (χ1) is 6.05. The van der Waals surface area contributed by atoms with E-state index in [1.807, 2.05) is 45.0 Å². The van der Waals surface area contributed by atoms with Crippen molar-refractivity contribution < 1.29 is 5.21 Å². The molecule has 1 heterocycles. The summed E-state index contributed by atoms with van der Waals surface area (Å²) in [5.41, 5.74) is 1.97. The normalized spacial score (nSPS) is 26.0. The van der Waals surface area contributed by atoms with Crippen LogP contribution in [0.15, 0.2) is 24.3 Å². The molecule has 2 nitrogen and oxygen atoms in total. The standard InChI is InChI=1S/C11H14NO/c1-8-9-6-4-5-7-10(9)11(2,3)12(8)13/h4-8H,1-3H3. The summed E-state index contributed by atoms with van der Waals surface area (Å²) in [7, 11) is 0. The van der Waals surface area contributed by atoms with E-state index < -0.39 is 0 Å². The van der Waals surface area contributed by atoms with Gasteiger partial charge in [-0.05, 0) is 31.9 Å². The summed E-state index contributed by atoms with van der Waals surface area (Å²) < 4.78 is 0. The van der Waals surface area contributed by atoms with Crippen LogP contribution in [0.5, 0.6) is 0 Å². The van der Waals surface area contributed by atoms with E-state index >= 15 is 0 Å². The van der Waals surface area contributed by atoms with Gasteiger partial charge in [0, 0.05) is 0 Å². The summed E-state index contributed by atoms with van der Waals surface area (Å²) in [5, 5.41) is 13.0. The van der Waals surface area contributed by atoms with E-state index in [9.17, 15) is 5.21 Å². The number of hydrogen-bond acceptors (Lipinski definition) is 1. The lowest BCUT2D eigenvalue weighted by Gasteiger charge is -2.26. The first-order valence-corrected chi connectivity index (χ1v) is 4.61. The number of hydrogen-bond donors (Lipinski definition) is 0. The van der Waals surface area contributed by atoms with Crippen molar-refractivity contribution >= 4 is 0 Å². The lowest BCUT2D eigenvalue weighted by atomic mass is 9.94. The maximum atomic E-state index is 11.8. The van der Waals surface area contributed by atoms with E-state index in [2.05, 4.69) is 0 Å². The molecule has 69 valence electrons. The van der Waals surface area contributed by atoms with Gasteiger partial charge < -0.3 is 0 Å². The molecular formula is C11H14NO. The molecule has 0 spiro atoms. The fourth-order valence-electron chi connectivity index (χ4n) is 2.15. The topological polar surface area (TPSA) is 23.1 Å². The van der Waals surface area contributed by atoms with E-state index in [4.69, 9.17) is 0 Å². The Labute approximate surface area is 78.8 Å². The molecule has 1 atom stereocenters. The number of hydroxylamine groups is 2. The van der Waals surface area contributed by atoms with Crippen molar-refractivity contribution in [2.24, 2.45) is 0 Å². The Morgan fingerprint density at radius 3 is 2.54 bits per heavy atom. The lowest BCUT2D eigenvalue weighted by molar-refractivity contribution is -0.235. The minimum Gasteiger partial charge on any atom is -0.138 e. The number of fused-ring (bicyclic) bond motifs is 1. The number of nitrogens with zero attached hydrogens (tertiary/aromatic N) is 1. The van der Waals surface area contributed by atoms with Crippen molar-refractivity contribution in [2.45, 2.75) is 32.4 Å². The number of benzene rings is 1. The van der Waals surface area contributed by atoms with Crippen molar-refractivity contribution in [1.82, 2.24) is 5.06 Å². The average Bonchev–Trinajstić information content (AvgIpc) is 2.30. The fraction of sp³-hybridized carbons (Fsp3) is 0.455. The van der Waals surface area contributed by atoms with Gasteiger partial charge in [0.1, 0.15) is 0 Å². The van der Waals surface area contributed by atoms with Crippen molar-refractivity contribution in [3.05, 3.63) is 35.4 Å². The molecule has 0 N–H and O–H groups in total. The molecule has 0 aliphatic carbocycles. The van der Waals surface area contributed by atoms with Gasteiger partial charge in [-0.1, -0.05) is 24.3 Å². The molecule has 1 aliphatic heterocycles. The van der Waals surface area contributed by atoms with E-state index in [1.165, 1.54) is 10.6 Å². The molecule has 1 aliphatic rings. The third kappa shape index (κ3) is 1.02. The summed E-state index contributed by atoms with van der Waals surface area (Å²) in [6.07, 6.45) is 0. The summed E-state index contributed by atoms with van der Waals surface area (Å²) >= 11 is 0. The molecule has 0 aromatic heterocycles. The first kappa shape index (κ1) is 8.73. The molecular weight excluding hydrogens is 162 g/mol. The van der Waals surface area contributed by atoms with Crippen molar-refractivity contribution in [3.8, 4) is 0 Å². The second-order valence-electron chi connectivity index (χ2n) is 4.15. The van der Waals surface area contributed by atoms with Gasteiger partial charge in [0.05, 0.1) is 11.6 Å². The highest BCUT2D eigenvalue weighted by atomic mass is 16.5. The molecule has 2 rings (SSSR count). The highest BCUT2D eigenvalue weighted by Gasteiger charge is 2.42. The van der Waals surface area contributed by atoms with Gasteiger partial charge in [-0.25, -0.2) is 0 Å². The Bertz CT molecular complexity index is 333. The molecule has 0 fully saturated rings. The molecule has 13 heavy (non-hydrogen) atoms. The minimum atomic E-state index is -0.365. The minimum absolute atomic E-state index is 0.00815. The van der Waals surface area contributed by atoms with E-state index in [1.54, 1.807) is 0 Å². The van der Waals surface area contributed by atoms with Crippen LogP contribution in [-0.2, 0) is 10.7 Å². The largest absolute Gasteiger partial charge is 0.138 e. The Balaban J connectivity index is 2.61. The van der Waals surface area contributed by atoms with Crippen LogP contribution in [0, 0.1) is 0 Å². The predicted molar refractivity (Wildman–Crippen MR) is 50.4 cm³/mol. The van der Waals surface area contributed by atoms with Crippen LogP contribution in [0.25, 0.3) is 0 Å². The molecule has 1 aromatic rings. The van der Waals surface area contributed by atoms with Gasteiger partial charge in [0.15, 0.2) is 0 Å². The number of rotatable bonds is 0. The van der Waals surface area contributed by atoms with Crippen LogP contribution in [0.2, 0.25) is 0 Å². The Hall–Kier alpha value is -0.860. The van der Waals surface area contributed by atoms with Gasteiger partial charge in [-0.15, -0.1) is 10.3 Å². The van der Waals surface area contributed by atoms with Crippen LogP contribution in [0.1, 0.15) is 37.9 Å². The first-order valence-electron chi connectivity index (χ1n) is 4.61. The van der Waals surface area contributed by atoms with E-state index in [-0.39, 0.29) is 11.6 Å². The van der Waals surface area contributed by atoms with E-state index in [0.29, 0.717) is 0 Å². The average molecular weight is 176 g/mol. The zero-order valence-corrected chi connectivity index (χ0v) is 8.24. The zero-order valence-electron chi connectivity index (χ0n) is 8.24. The van der Waals surface area contributed by atoms with Crippen LogP contribution in [0.3, 0.4) is 0 Å². The molecule has 0 bridgehead atoms. The highest BCUT2D eigenvalue weighted by Crippen LogP contribution is 2.44. The zero-order chi connectivity index (χ0) is 9.64. The Morgan fingerprint density at radius 2 is 1.92 bits per heavy atom. The quantitative estimate of drug-likeness (QED) is 0.596. The highest BCUT2D eigenvalue weighted by molar-refractivity contribution is 5.38. The third-order valence-electron chi connectivity index (χ3n) is 2.97. The third-order valence-corrected chi connectivity index (χ3v) is 2.97. The van der Waals surface area contributed by atoms with E-state index in [0.717, 1.165) is 5.56 Å². The summed E-state index contributed by atoms with van der Waals surface area (Å²) in [5.74, 6) is 0. The molecule has 1 aromatic carbocycles. The molecule has 1 radical (unpaired) electrons. The fourth-order valence-corrected chi connectivity index (χ4v) is 2.15. The van der Waals surface area contributed by atoms with Crippen molar-refractivity contribution in [2.75, 3.05) is 0 Å². The van der Waals surface area contributed by atoms with Gasteiger partial charge >= 0.3 is 0 Å². The Kier molecular flexibility index (Phi) is 1.72. The van der Waals surface area contributed by atoms with Gasteiger partial charge in [0.25, 0.3) is 0 Å². The van der Waals surface area contributed by atoms with Gasteiger partial charge in [-0.2, -0.15) is 0 Å². The van der Waals surface area contributed by atoms with Crippen LogP contribution >= 0.6 is 0 Å². The van der Waals surface area contributed by atoms with Crippen molar-refractivity contribution in [1.29, 1.82) is 0 Å². The predicted octanol–water partition coefficient (Wildman–Crippen LogP) is 2.64. The molecule has 0 saturated heterocycles. The molecule has 0 saturated carbocycles. The van der Waals surface area contributed by atoms with Gasteiger partial charge in [-0.3, -0.25) is 0 Å². The second-order valence-corrected chi connectivity index (χ2v) is 4.15. The summed E-state index contributed by atoms with van der Waals surface area (Å²) in [4.78, 5) is 0.